The molecule has 74 valence electrons. The summed E-state index contributed by atoms with van der Waals surface area (Å²) < 4.78 is 0. The second-order valence-electron chi connectivity index (χ2n) is 4.05. The molecule has 13 heavy (non-hydrogen) atoms. The van der Waals surface area contributed by atoms with E-state index in [9.17, 15) is 9.59 Å². The SMILES string of the molecule is CC(C)C(=O)CNC(=O)CC1CC1. The van der Waals surface area contributed by atoms with E-state index in [0.717, 1.165) is 0 Å². The van der Waals surface area contributed by atoms with Gasteiger partial charge in [0.05, 0.1) is 6.54 Å². The molecule has 1 rings (SSSR count). The van der Waals surface area contributed by atoms with Crippen molar-refractivity contribution in [1.29, 1.82) is 0 Å². The molecule has 1 N–H and O–H groups in total. The molecule has 0 aromatic carbocycles. The van der Waals surface area contributed by atoms with Crippen molar-refractivity contribution in [3.05, 3.63) is 0 Å². The van der Waals surface area contributed by atoms with E-state index in [-0.39, 0.29) is 24.2 Å². The third-order valence-electron chi connectivity index (χ3n) is 2.27. The minimum absolute atomic E-state index is 0.0150. The molecule has 1 fully saturated rings. The fraction of sp³-hybridized carbons (Fsp3) is 0.800. The first-order chi connectivity index (χ1) is 6.09. The monoisotopic (exact) mass is 183 g/mol. The van der Waals surface area contributed by atoms with E-state index in [4.69, 9.17) is 0 Å². The van der Waals surface area contributed by atoms with Gasteiger partial charge in [0.2, 0.25) is 5.91 Å². The maximum atomic E-state index is 11.2. The molecular weight excluding hydrogens is 166 g/mol. The Hall–Kier alpha value is -0.860. The number of ketones is 1. The highest BCUT2D eigenvalue weighted by molar-refractivity contribution is 5.87. The molecule has 1 aliphatic rings. The van der Waals surface area contributed by atoms with Crippen LogP contribution in [0.3, 0.4) is 0 Å². The molecule has 0 atom stereocenters. The normalized spacial score (nSPS) is 15.9. The van der Waals surface area contributed by atoms with Gasteiger partial charge in [-0.25, -0.2) is 0 Å². The summed E-state index contributed by atoms with van der Waals surface area (Å²) in [6, 6.07) is 0. The Morgan fingerprint density at radius 1 is 1.38 bits per heavy atom. The van der Waals surface area contributed by atoms with Crippen LogP contribution < -0.4 is 5.32 Å². The maximum absolute atomic E-state index is 11.2. The van der Waals surface area contributed by atoms with Crippen molar-refractivity contribution in [2.24, 2.45) is 11.8 Å². The number of hydrogen-bond donors (Lipinski definition) is 1. The molecule has 0 bridgehead atoms. The predicted molar refractivity (Wildman–Crippen MR) is 50.2 cm³/mol. The average Bonchev–Trinajstić information content (AvgIpc) is 2.83. The largest absolute Gasteiger partial charge is 0.349 e. The fourth-order valence-electron chi connectivity index (χ4n) is 1.05. The molecular formula is C10H17NO2. The number of rotatable bonds is 5. The van der Waals surface area contributed by atoms with Gasteiger partial charge in [-0.15, -0.1) is 0 Å². The summed E-state index contributed by atoms with van der Waals surface area (Å²) >= 11 is 0. The standard InChI is InChI=1S/C10H17NO2/c1-7(2)9(12)6-11-10(13)5-8-3-4-8/h7-8H,3-6H2,1-2H3,(H,11,13). The van der Waals surface area contributed by atoms with Crippen LogP contribution in [0.15, 0.2) is 0 Å². The van der Waals surface area contributed by atoms with Gasteiger partial charge in [-0.1, -0.05) is 13.8 Å². The van der Waals surface area contributed by atoms with Gasteiger partial charge in [0, 0.05) is 12.3 Å². The molecule has 0 aromatic rings. The van der Waals surface area contributed by atoms with E-state index in [2.05, 4.69) is 5.32 Å². The average molecular weight is 183 g/mol. The van der Waals surface area contributed by atoms with Gasteiger partial charge in [-0.3, -0.25) is 9.59 Å². The molecule has 0 unspecified atom stereocenters. The molecule has 0 aliphatic heterocycles. The zero-order valence-corrected chi connectivity index (χ0v) is 8.30. The van der Waals surface area contributed by atoms with Crippen LogP contribution in [0.4, 0.5) is 0 Å². The second-order valence-corrected chi connectivity index (χ2v) is 4.05. The molecule has 0 radical (unpaired) electrons. The second kappa shape index (κ2) is 4.40. The van der Waals surface area contributed by atoms with Crippen LogP contribution in [0.25, 0.3) is 0 Å². The number of hydrogen-bond acceptors (Lipinski definition) is 2. The van der Waals surface area contributed by atoms with E-state index in [1.54, 1.807) is 0 Å². The summed E-state index contributed by atoms with van der Waals surface area (Å²) in [6.07, 6.45) is 2.95. The van der Waals surface area contributed by atoms with Crippen molar-refractivity contribution in [3.63, 3.8) is 0 Å². The van der Waals surface area contributed by atoms with Gasteiger partial charge in [0.1, 0.15) is 0 Å². The van der Waals surface area contributed by atoms with Crippen molar-refractivity contribution < 1.29 is 9.59 Å². The number of Topliss-reactive ketones (excluding diaryl/α,β-unsaturated/α-hetero) is 1. The minimum atomic E-state index is 0.0150. The molecule has 3 nitrogen and oxygen atoms in total. The zero-order valence-electron chi connectivity index (χ0n) is 8.30. The minimum Gasteiger partial charge on any atom is -0.349 e. The van der Waals surface area contributed by atoms with E-state index in [0.29, 0.717) is 12.3 Å². The quantitative estimate of drug-likeness (QED) is 0.694. The van der Waals surface area contributed by atoms with E-state index < -0.39 is 0 Å². The van der Waals surface area contributed by atoms with Crippen molar-refractivity contribution >= 4 is 11.7 Å². The lowest BCUT2D eigenvalue weighted by Gasteiger charge is -2.05. The van der Waals surface area contributed by atoms with Crippen LogP contribution in [-0.4, -0.2) is 18.2 Å². The summed E-state index contributed by atoms with van der Waals surface area (Å²) in [5, 5.41) is 2.65. The molecule has 0 spiro atoms. The summed E-state index contributed by atoms with van der Waals surface area (Å²) in [6.45, 7) is 3.88. The summed E-state index contributed by atoms with van der Waals surface area (Å²) in [4.78, 5) is 22.3. The van der Waals surface area contributed by atoms with Crippen LogP contribution in [0.2, 0.25) is 0 Å². The fourth-order valence-corrected chi connectivity index (χ4v) is 1.05. The third-order valence-corrected chi connectivity index (χ3v) is 2.27. The highest BCUT2D eigenvalue weighted by Gasteiger charge is 2.24. The lowest BCUT2D eigenvalue weighted by Crippen LogP contribution is -2.31. The van der Waals surface area contributed by atoms with Crippen LogP contribution in [0.5, 0.6) is 0 Å². The number of carbonyl (C=O) groups excluding carboxylic acids is 2. The maximum Gasteiger partial charge on any atom is 0.220 e. The van der Waals surface area contributed by atoms with Gasteiger partial charge in [0.15, 0.2) is 5.78 Å². The molecule has 0 aromatic heterocycles. The highest BCUT2D eigenvalue weighted by atomic mass is 16.2. The van der Waals surface area contributed by atoms with Gasteiger partial charge < -0.3 is 5.32 Å². The Balaban J connectivity index is 2.09. The van der Waals surface area contributed by atoms with Crippen LogP contribution in [-0.2, 0) is 9.59 Å². The van der Waals surface area contributed by atoms with E-state index in [1.165, 1.54) is 12.8 Å². The Labute approximate surface area is 78.9 Å². The molecule has 1 aliphatic carbocycles. The Kier molecular flexibility index (Phi) is 3.46. The smallest absolute Gasteiger partial charge is 0.220 e. The van der Waals surface area contributed by atoms with E-state index >= 15 is 0 Å². The van der Waals surface area contributed by atoms with E-state index in [1.807, 2.05) is 13.8 Å². The molecule has 3 heteroatoms. The first kappa shape index (κ1) is 10.2. The third kappa shape index (κ3) is 4.06. The van der Waals surface area contributed by atoms with Crippen LogP contribution >= 0.6 is 0 Å². The first-order valence-corrected chi connectivity index (χ1v) is 4.89. The van der Waals surface area contributed by atoms with Crippen LogP contribution in [0.1, 0.15) is 33.1 Å². The van der Waals surface area contributed by atoms with Gasteiger partial charge >= 0.3 is 0 Å². The van der Waals surface area contributed by atoms with Crippen LogP contribution in [0, 0.1) is 11.8 Å². The Morgan fingerprint density at radius 3 is 2.46 bits per heavy atom. The van der Waals surface area contributed by atoms with Gasteiger partial charge in [-0.2, -0.15) is 0 Å². The number of carbonyl (C=O) groups is 2. The topological polar surface area (TPSA) is 46.2 Å². The highest BCUT2D eigenvalue weighted by Crippen LogP contribution is 2.31. The van der Waals surface area contributed by atoms with Crippen molar-refractivity contribution in [2.75, 3.05) is 6.54 Å². The van der Waals surface area contributed by atoms with Gasteiger partial charge in [0.25, 0.3) is 0 Å². The first-order valence-electron chi connectivity index (χ1n) is 4.89. The zero-order chi connectivity index (χ0) is 9.84. The summed E-state index contributed by atoms with van der Waals surface area (Å²) in [5.41, 5.74) is 0. The number of nitrogens with one attached hydrogen (secondary N) is 1. The van der Waals surface area contributed by atoms with Crippen molar-refractivity contribution in [3.8, 4) is 0 Å². The van der Waals surface area contributed by atoms with Crippen molar-refractivity contribution in [1.82, 2.24) is 5.32 Å². The Bertz CT molecular complexity index is 207. The molecule has 0 heterocycles. The Morgan fingerprint density at radius 2 is 2.00 bits per heavy atom. The summed E-state index contributed by atoms with van der Waals surface area (Å²) in [7, 11) is 0. The lowest BCUT2D eigenvalue weighted by molar-refractivity contribution is -0.126. The predicted octanol–water partition coefficient (Wildman–Crippen LogP) is 1.13. The lowest BCUT2D eigenvalue weighted by atomic mass is 10.1. The number of amides is 1. The van der Waals surface area contributed by atoms with Crippen molar-refractivity contribution in [2.45, 2.75) is 33.1 Å². The molecule has 1 amide bonds. The summed E-state index contributed by atoms with van der Waals surface area (Å²) in [5.74, 6) is 0.732. The molecule has 1 saturated carbocycles. The van der Waals surface area contributed by atoms with Gasteiger partial charge in [-0.05, 0) is 18.8 Å². The molecule has 0 saturated heterocycles.